The van der Waals surface area contributed by atoms with E-state index >= 15 is 0 Å². The Labute approximate surface area is 143 Å². The highest BCUT2D eigenvalue weighted by Crippen LogP contribution is 2.41. The molecule has 0 saturated heterocycles. The molecule has 0 nitrogen and oxygen atoms in total. The summed E-state index contributed by atoms with van der Waals surface area (Å²) < 4.78 is 1.11. The molecule has 0 bridgehead atoms. The van der Waals surface area contributed by atoms with Crippen LogP contribution >= 0.6 is 27.7 Å². The normalized spacial score (nSPS) is 12.4. The Bertz CT molecular complexity index is 863. The molecular weight excluding hydrogens is 352 g/mol. The molecular formula is C20H13BrS. The molecule has 0 amide bonds. The van der Waals surface area contributed by atoms with E-state index in [1.165, 1.54) is 32.0 Å². The Morgan fingerprint density at radius 3 is 2.32 bits per heavy atom. The molecule has 0 fully saturated rings. The summed E-state index contributed by atoms with van der Waals surface area (Å²) in [6.07, 6.45) is 4.46. The Hall–Kier alpha value is -1.77. The first kappa shape index (κ1) is 13.9. The first-order chi connectivity index (χ1) is 10.8. The van der Waals surface area contributed by atoms with E-state index in [1.54, 1.807) is 0 Å². The maximum absolute atomic E-state index is 3.51. The smallest absolute Gasteiger partial charge is 0.0201 e. The lowest BCUT2D eigenvalue weighted by atomic mass is 9.99. The Balaban J connectivity index is 1.88. The van der Waals surface area contributed by atoms with Crippen LogP contribution in [0.2, 0.25) is 0 Å². The molecule has 1 aliphatic rings. The molecule has 4 rings (SSSR count). The van der Waals surface area contributed by atoms with Gasteiger partial charge in [0, 0.05) is 14.3 Å². The van der Waals surface area contributed by atoms with Crippen molar-refractivity contribution in [2.45, 2.75) is 9.79 Å². The van der Waals surface area contributed by atoms with Gasteiger partial charge in [0.25, 0.3) is 0 Å². The monoisotopic (exact) mass is 364 g/mol. The van der Waals surface area contributed by atoms with Crippen LogP contribution in [0, 0.1) is 0 Å². The largest absolute Gasteiger partial charge is 0.0888 e. The molecule has 0 atom stereocenters. The fourth-order valence-corrected chi connectivity index (χ4v) is 4.03. The van der Waals surface area contributed by atoms with Gasteiger partial charge in [-0.1, -0.05) is 82.3 Å². The SMILES string of the molecule is Brc1ccc(-c2cccc3c2C=Cc2ccccc2S3)cc1. The molecule has 0 saturated carbocycles. The quantitative estimate of drug-likeness (QED) is 0.359. The first-order valence-electron chi connectivity index (χ1n) is 7.15. The number of rotatable bonds is 1. The lowest BCUT2D eigenvalue weighted by molar-refractivity contribution is 1.38. The summed E-state index contributed by atoms with van der Waals surface area (Å²) in [4.78, 5) is 2.62. The van der Waals surface area contributed by atoms with E-state index < -0.39 is 0 Å². The van der Waals surface area contributed by atoms with Crippen molar-refractivity contribution in [1.29, 1.82) is 0 Å². The van der Waals surface area contributed by atoms with E-state index in [0.717, 1.165) is 4.47 Å². The first-order valence-corrected chi connectivity index (χ1v) is 8.76. The fourth-order valence-electron chi connectivity index (χ4n) is 2.69. The van der Waals surface area contributed by atoms with Gasteiger partial charge in [-0.25, -0.2) is 0 Å². The minimum absolute atomic E-state index is 1.11. The van der Waals surface area contributed by atoms with E-state index in [0.29, 0.717) is 0 Å². The number of benzene rings is 3. The zero-order valence-corrected chi connectivity index (χ0v) is 14.2. The van der Waals surface area contributed by atoms with Gasteiger partial charge >= 0.3 is 0 Å². The van der Waals surface area contributed by atoms with Crippen molar-refractivity contribution in [3.63, 3.8) is 0 Å². The minimum Gasteiger partial charge on any atom is -0.0888 e. The standard InChI is InChI=1S/C20H13BrS/c21-16-11-8-14(9-12-16)17-5-3-7-20-18(17)13-10-15-4-1-2-6-19(15)22-20/h1-13H. The summed E-state index contributed by atoms with van der Waals surface area (Å²) in [5.41, 5.74) is 5.11. The Morgan fingerprint density at radius 1 is 0.682 bits per heavy atom. The third-order valence-electron chi connectivity index (χ3n) is 3.79. The summed E-state index contributed by atoms with van der Waals surface area (Å²) in [7, 11) is 0. The maximum Gasteiger partial charge on any atom is 0.0201 e. The van der Waals surface area contributed by atoms with Crippen LogP contribution < -0.4 is 0 Å². The van der Waals surface area contributed by atoms with Crippen LogP contribution in [0.5, 0.6) is 0 Å². The van der Waals surface area contributed by atoms with E-state index in [-0.39, 0.29) is 0 Å². The molecule has 0 unspecified atom stereocenters. The van der Waals surface area contributed by atoms with Crippen LogP contribution in [0.3, 0.4) is 0 Å². The highest BCUT2D eigenvalue weighted by atomic mass is 79.9. The molecule has 3 aromatic rings. The van der Waals surface area contributed by atoms with Gasteiger partial charge in [0.1, 0.15) is 0 Å². The summed E-state index contributed by atoms with van der Waals surface area (Å²) in [6, 6.07) is 23.6. The Morgan fingerprint density at radius 2 is 1.45 bits per heavy atom. The second kappa shape index (κ2) is 5.79. The number of hydrogen-bond donors (Lipinski definition) is 0. The van der Waals surface area contributed by atoms with Crippen LogP contribution in [-0.2, 0) is 0 Å². The van der Waals surface area contributed by atoms with E-state index in [9.17, 15) is 0 Å². The van der Waals surface area contributed by atoms with Crippen LogP contribution in [0.25, 0.3) is 23.3 Å². The predicted molar refractivity (Wildman–Crippen MR) is 99.1 cm³/mol. The third kappa shape index (κ3) is 2.53. The molecule has 0 aliphatic carbocycles. The van der Waals surface area contributed by atoms with Gasteiger partial charge in [0.2, 0.25) is 0 Å². The number of halogens is 1. The van der Waals surface area contributed by atoms with Crippen molar-refractivity contribution in [2.75, 3.05) is 0 Å². The number of fused-ring (bicyclic) bond motifs is 2. The fraction of sp³-hybridized carbons (Fsp3) is 0. The van der Waals surface area contributed by atoms with Crippen LogP contribution in [0.15, 0.2) is 81.0 Å². The molecule has 3 aromatic carbocycles. The molecule has 22 heavy (non-hydrogen) atoms. The van der Waals surface area contributed by atoms with Crippen molar-refractivity contribution >= 4 is 39.8 Å². The highest BCUT2D eigenvalue weighted by molar-refractivity contribution is 9.10. The van der Waals surface area contributed by atoms with Gasteiger partial charge < -0.3 is 0 Å². The average Bonchev–Trinajstić information content (AvgIpc) is 2.74. The van der Waals surface area contributed by atoms with Gasteiger partial charge in [-0.3, -0.25) is 0 Å². The molecule has 0 radical (unpaired) electrons. The topological polar surface area (TPSA) is 0 Å². The summed E-state index contributed by atoms with van der Waals surface area (Å²) in [6.45, 7) is 0. The van der Waals surface area contributed by atoms with Crippen molar-refractivity contribution in [3.8, 4) is 11.1 Å². The molecule has 106 valence electrons. The molecule has 2 heteroatoms. The molecule has 0 spiro atoms. The van der Waals surface area contributed by atoms with E-state index in [4.69, 9.17) is 0 Å². The lowest BCUT2D eigenvalue weighted by Gasteiger charge is -2.11. The van der Waals surface area contributed by atoms with Crippen molar-refractivity contribution in [2.24, 2.45) is 0 Å². The molecule has 1 aliphatic heterocycles. The summed E-state index contributed by atoms with van der Waals surface area (Å²) in [5, 5.41) is 0. The van der Waals surface area contributed by atoms with Gasteiger partial charge in [0.05, 0.1) is 0 Å². The molecule has 0 aromatic heterocycles. The van der Waals surface area contributed by atoms with Gasteiger partial charge in [-0.15, -0.1) is 0 Å². The second-order valence-corrected chi connectivity index (χ2v) is 7.20. The zero-order chi connectivity index (χ0) is 14.9. The van der Waals surface area contributed by atoms with Crippen molar-refractivity contribution in [1.82, 2.24) is 0 Å². The van der Waals surface area contributed by atoms with Crippen LogP contribution in [-0.4, -0.2) is 0 Å². The van der Waals surface area contributed by atoms with Crippen molar-refractivity contribution < 1.29 is 0 Å². The van der Waals surface area contributed by atoms with Crippen molar-refractivity contribution in [3.05, 3.63) is 82.3 Å². The number of hydrogen-bond acceptors (Lipinski definition) is 1. The summed E-state index contributed by atoms with van der Waals surface area (Å²) >= 11 is 5.35. The molecule has 0 N–H and O–H groups in total. The van der Waals surface area contributed by atoms with E-state index in [2.05, 4.69) is 94.8 Å². The van der Waals surface area contributed by atoms with Gasteiger partial charge in [0.15, 0.2) is 0 Å². The van der Waals surface area contributed by atoms with Crippen LogP contribution in [0.4, 0.5) is 0 Å². The average molecular weight is 365 g/mol. The molecule has 1 heterocycles. The minimum atomic E-state index is 1.11. The lowest BCUT2D eigenvalue weighted by Crippen LogP contribution is -1.86. The van der Waals surface area contributed by atoms with Gasteiger partial charge in [-0.05, 0) is 46.5 Å². The van der Waals surface area contributed by atoms with Gasteiger partial charge in [-0.2, -0.15) is 0 Å². The third-order valence-corrected chi connectivity index (χ3v) is 5.49. The predicted octanol–water partition coefficient (Wildman–Crippen LogP) is 6.75. The van der Waals surface area contributed by atoms with Crippen LogP contribution in [0.1, 0.15) is 11.1 Å². The maximum atomic E-state index is 3.51. The highest BCUT2D eigenvalue weighted by Gasteiger charge is 2.13. The zero-order valence-electron chi connectivity index (χ0n) is 11.8. The van der Waals surface area contributed by atoms with E-state index in [1.807, 2.05) is 11.8 Å². The Kier molecular flexibility index (Phi) is 3.65. The summed E-state index contributed by atoms with van der Waals surface area (Å²) in [5.74, 6) is 0. The second-order valence-electron chi connectivity index (χ2n) is 5.20.